The highest BCUT2D eigenvalue weighted by atomic mass is 16.3. The number of aromatic amines is 1. The molecule has 1 aromatic heterocycles. The van der Waals surface area contributed by atoms with E-state index in [0.29, 0.717) is 24.7 Å². The number of carbonyl (C=O) groups is 1. The van der Waals surface area contributed by atoms with E-state index >= 15 is 0 Å². The highest BCUT2D eigenvalue weighted by Gasteiger charge is 2.48. The van der Waals surface area contributed by atoms with Crippen LogP contribution >= 0.6 is 0 Å². The highest BCUT2D eigenvalue weighted by molar-refractivity contribution is 5.92. The lowest BCUT2D eigenvalue weighted by molar-refractivity contribution is -0.0609. The summed E-state index contributed by atoms with van der Waals surface area (Å²) in [6, 6.07) is 4.63. The number of H-pyrrole nitrogens is 1. The van der Waals surface area contributed by atoms with Gasteiger partial charge in [-0.15, -0.1) is 0 Å². The van der Waals surface area contributed by atoms with Crippen molar-refractivity contribution in [2.45, 2.75) is 38.2 Å². The number of fused-ring (bicyclic) bond motifs is 1. The number of rotatable bonds is 2. The SMILES string of the molecule is CC[C@]1(O)CCC[C@H]2CN(C(=O)c3cccc(=O)[nH]3)C[C@H]21. The van der Waals surface area contributed by atoms with Crippen LogP contribution < -0.4 is 5.56 Å². The monoisotopic (exact) mass is 290 g/mol. The maximum atomic E-state index is 12.5. The summed E-state index contributed by atoms with van der Waals surface area (Å²) in [5.74, 6) is 0.402. The second-order valence-electron chi connectivity index (χ2n) is 6.35. The lowest BCUT2D eigenvalue weighted by Gasteiger charge is -2.40. The third-order valence-corrected chi connectivity index (χ3v) is 5.21. The summed E-state index contributed by atoms with van der Waals surface area (Å²) in [5.41, 5.74) is -0.564. The third kappa shape index (κ3) is 2.50. The van der Waals surface area contributed by atoms with E-state index in [9.17, 15) is 14.7 Å². The van der Waals surface area contributed by atoms with Gasteiger partial charge in [0, 0.05) is 25.1 Å². The van der Waals surface area contributed by atoms with E-state index in [1.165, 1.54) is 6.07 Å². The first-order valence-corrected chi connectivity index (χ1v) is 7.74. The number of likely N-dealkylation sites (tertiary alicyclic amines) is 1. The van der Waals surface area contributed by atoms with E-state index < -0.39 is 5.60 Å². The van der Waals surface area contributed by atoms with Gasteiger partial charge in [-0.25, -0.2) is 0 Å². The summed E-state index contributed by atoms with van der Waals surface area (Å²) in [6.45, 7) is 3.29. The molecule has 0 aromatic carbocycles. The lowest BCUT2D eigenvalue weighted by atomic mass is 9.69. The Bertz CT molecular complexity index is 597. The molecular weight excluding hydrogens is 268 g/mol. The number of aliphatic hydroxyl groups is 1. The fourth-order valence-corrected chi connectivity index (χ4v) is 3.98. The molecule has 0 unspecified atom stereocenters. The van der Waals surface area contributed by atoms with Crippen LogP contribution in [0.3, 0.4) is 0 Å². The van der Waals surface area contributed by atoms with E-state index in [1.54, 1.807) is 17.0 Å². The standard InChI is InChI=1S/C16H22N2O3/c1-2-16(21)8-4-5-11-9-18(10-12(11)16)15(20)13-6-3-7-14(19)17-13/h3,6-7,11-12,21H,2,4-5,8-10H2,1H3,(H,17,19)/t11-,12+,16-/m0/s1. The Morgan fingerprint density at radius 1 is 1.48 bits per heavy atom. The first-order chi connectivity index (χ1) is 10.0. The number of hydrogen-bond donors (Lipinski definition) is 2. The summed E-state index contributed by atoms with van der Waals surface area (Å²) >= 11 is 0. The molecule has 2 heterocycles. The van der Waals surface area contributed by atoms with Crippen molar-refractivity contribution >= 4 is 5.91 Å². The van der Waals surface area contributed by atoms with Crippen LogP contribution in [-0.4, -0.2) is 39.6 Å². The fraction of sp³-hybridized carbons (Fsp3) is 0.625. The molecule has 0 spiro atoms. The van der Waals surface area contributed by atoms with Gasteiger partial charge in [0.05, 0.1) is 5.60 Å². The molecule has 1 aliphatic carbocycles. The van der Waals surface area contributed by atoms with Crippen molar-refractivity contribution in [3.63, 3.8) is 0 Å². The molecule has 1 saturated carbocycles. The number of hydrogen-bond acceptors (Lipinski definition) is 3. The second kappa shape index (κ2) is 5.30. The molecule has 5 nitrogen and oxygen atoms in total. The molecule has 114 valence electrons. The molecule has 2 aliphatic rings. The minimum absolute atomic E-state index is 0.138. The molecule has 0 bridgehead atoms. The zero-order chi connectivity index (χ0) is 15.0. The van der Waals surface area contributed by atoms with E-state index in [2.05, 4.69) is 4.98 Å². The Morgan fingerprint density at radius 3 is 3.00 bits per heavy atom. The zero-order valence-corrected chi connectivity index (χ0v) is 12.3. The van der Waals surface area contributed by atoms with Gasteiger partial charge in [-0.2, -0.15) is 0 Å². The Balaban J connectivity index is 1.80. The van der Waals surface area contributed by atoms with Crippen molar-refractivity contribution in [1.82, 2.24) is 9.88 Å². The van der Waals surface area contributed by atoms with Crippen LogP contribution in [0, 0.1) is 11.8 Å². The third-order valence-electron chi connectivity index (χ3n) is 5.21. The van der Waals surface area contributed by atoms with Gasteiger partial charge in [-0.3, -0.25) is 9.59 Å². The summed E-state index contributed by atoms with van der Waals surface area (Å²) in [5, 5.41) is 10.8. The van der Waals surface area contributed by atoms with Crippen LogP contribution in [-0.2, 0) is 0 Å². The van der Waals surface area contributed by atoms with E-state index in [0.717, 1.165) is 25.7 Å². The maximum Gasteiger partial charge on any atom is 0.270 e. The number of nitrogens with one attached hydrogen (secondary N) is 1. The van der Waals surface area contributed by atoms with Crippen molar-refractivity contribution in [2.24, 2.45) is 11.8 Å². The average Bonchev–Trinajstić information content (AvgIpc) is 2.92. The van der Waals surface area contributed by atoms with Crippen LogP contribution in [0.1, 0.15) is 43.1 Å². The molecule has 21 heavy (non-hydrogen) atoms. The van der Waals surface area contributed by atoms with Gasteiger partial charge in [-0.1, -0.05) is 19.4 Å². The van der Waals surface area contributed by atoms with Crippen molar-refractivity contribution in [3.8, 4) is 0 Å². The summed E-state index contributed by atoms with van der Waals surface area (Å²) in [7, 11) is 0. The van der Waals surface area contributed by atoms with Crippen LogP contribution in [0.25, 0.3) is 0 Å². The number of pyridine rings is 1. The summed E-state index contributed by atoms with van der Waals surface area (Å²) < 4.78 is 0. The number of carbonyl (C=O) groups excluding carboxylic acids is 1. The molecule has 3 rings (SSSR count). The molecule has 3 atom stereocenters. The first-order valence-electron chi connectivity index (χ1n) is 7.74. The van der Waals surface area contributed by atoms with Crippen LogP contribution in [0.15, 0.2) is 23.0 Å². The topological polar surface area (TPSA) is 73.4 Å². The highest BCUT2D eigenvalue weighted by Crippen LogP contribution is 2.44. The predicted octanol–water partition coefficient (Wildman–Crippen LogP) is 1.39. The van der Waals surface area contributed by atoms with Crippen LogP contribution in [0.5, 0.6) is 0 Å². The van der Waals surface area contributed by atoms with Gasteiger partial charge in [0.1, 0.15) is 5.69 Å². The Labute approximate surface area is 124 Å². The average molecular weight is 290 g/mol. The Hall–Kier alpha value is -1.62. The number of amides is 1. The van der Waals surface area contributed by atoms with Crippen molar-refractivity contribution in [1.29, 1.82) is 0 Å². The van der Waals surface area contributed by atoms with Gasteiger partial charge in [0.2, 0.25) is 5.56 Å². The second-order valence-corrected chi connectivity index (χ2v) is 6.35. The minimum Gasteiger partial charge on any atom is -0.390 e. The van der Waals surface area contributed by atoms with Gasteiger partial charge >= 0.3 is 0 Å². The molecule has 1 saturated heterocycles. The van der Waals surface area contributed by atoms with E-state index in [4.69, 9.17) is 0 Å². The lowest BCUT2D eigenvalue weighted by Crippen LogP contribution is -2.44. The van der Waals surface area contributed by atoms with Crippen molar-refractivity contribution in [3.05, 3.63) is 34.2 Å². The van der Waals surface area contributed by atoms with Gasteiger partial charge in [0.15, 0.2) is 0 Å². The Kier molecular flexibility index (Phi) is 3.61. The van der Waals surface area contributed by atoms with Gasteiger partial charge < -0.3 is 15.0 Å². The zero-order valence-electron chi connectivity index (χ0n) is 12.3. The summed E-state index contributed by atoms with van der Waals surface area (Å²) in [4.78, 5) is 28.2. The molecular formula is C16H22N2O3. The van der Waals surface area contributed by atoms with Gasteiger partial charge in [-0.05, 0) is 31.2 Å². The minimum atomic E-state index is -0.637. The van der Waals surface area contributed by atoms with Gasteiger partial charge in [0.25, 0.3) is 5.91 Å². The fourth-order valence-electron chi connectivity index (χ4n) is 3.98. The largest absolute Gasteiger partial charge is 0.390 e. The molecule has 1 amide bonds. The smallest absolute Gasteiger partial charge is 0.270 e. The molecule has 2 N–H and O–H groups in total. The number of aromatic nitrogens is 1. The Morgan fingerprint density at radius 2 is 2.29 bits per heavy atom. The van der Waals surface area contributed by atoms with Crippen LogP contribution in [0.4, 0.5) is 0 Å². The molecule has 1 aliphatic heterocycles. The van der Waals surface area contributed by atoms with Crippen molar-refractivity contribution < 1.29 is 9.90 Å². The quantitative estimate of drug-likeness (QED) is 0.864. The molecule has 0 radical (unpaired) electrons. The molecule has 1 aromatic rings. The first kappa shape index (κ1) is 14.3. The summed E-state index contributed by atoms with van der Waals surface area (Å²) in [6.07, 6.45) is 3.66. The normalized spacial score (nSPS) is 32.0. The number of nitrogens with zero attached hydrogens (tertiary/aromatic N) is 1. The molecule has 2 fully saturated rings. The maximum absolute atomic E-state index is 12.5. The molecule has 5 heteroatoms. The van der Waals surface area contributed by atoms with E-state index in [1.807, 2.05) is 6.92 Å². The predicted molar refractivity (Wildman–Crippen MR) is 79.0 cm³/mol. The van der Waals surface area contributed by atoms with Crippen molar-refractivity contribution in [2.75, 3.05) is 13.1 Å². The van der Waals surface area contributed by atoms with E-state index in [-0.39, 0.29) is 17.4 Å². The van der Waals surface area contributed by atoms with Crippen LogP contribution in [0.2, 0.25) is 0 Å².